The van der Waals surface area contributed by atoms with Crippen molar-refractivity contribution in [3.63, 3.8) is 0 Å². The lowest BCUT2D eigenvalue weighted by Gasteiger charge is -2.44. The Kier molecular flexibility index (Phi) is 4.34. The minimum absolute atomic E-state index is 0.268. The predicted octanol–water partition coefficient (Wildman–Crippen LogP) is 5.05. The molecule has 0 radical (unpaired) electrons. The molecule has 2 atom stereocenters. The maximum Gasteiger partial charge on any atom is 0.123 e. The van der Waals surface area contributed by atoms with E-state index in [1.54, 1.807) is 24.3 Å². The van der Waals surface area contributed by atoms with Gasteiger partial charge in [-0.2, -0.15) is 0 Å². The molecule has 4 heteroatoms. The number of hydrogen-bond acceptors (Lipinski definition) is 2. The van der Waals surface area contributed by atoms with Gasteiger partial charge < -0.3 is 4.74 Å². The van der Waals surface area contributed by atoms with Crippen molar-refractivity contribution in [1.82, 2.24) is 4.90 Å². The number of ether oxygens (including phenoxy) is 1. The second-order valence-electron chi connectivity index (χ2n) is 7.24. The summed E-state index contributed by atoms with van der Waals surface area (Å²) in [6, 6.07) is 13.4. The quantitative estimate of drug-likeness (QED) is 0.771. The van der Waals surface area contributed by atoms with Gasteiger partial charge in [0.05, 0.1) is 0 Å². The zero-order valence-corrected chi connectivity index (χ0v) is 14.4. The molecule has 0 amide bonds. The van der Waals surface area contributed by atoms with E-state index in [4.69, 9.17) is 4.74 Å². The van der Waals surface area contributed by atoms with Crippen LogP contribution in [-0.4, -0.2) is 23.7 Å². The number of piperidine rings is 1. The molecule has 2 aromatic carbocycles. The molecule has 0 aliphatic carbocycles. The molecule has 2 heterocycles. The average molecular weight is 343 g/mol. The molecule has 2 aromatic rings. The Bertz CT molecular complexity index is 681. The number of fused-ring (bicyclic) bond motifs is 2. The zero-order valence-electron chi connectivity index (χ0n) is 14.4. The summed E-state index contributed by atoms with van der Waals surface area (Å²) in [6.07, 6.45) is 5.20. The van der Waals surface area contributed by atoms with Crippen molar-refractivity contribution in [2.75, 3.05) is 7.05 Å². The number of benzene rings is 2. The fourth-order valence-electron chi connectivity index (χ4n) is 4.37. The van der Waals surface area contributed by atoms with E-state index in [-0.39, 0.29) is 23.5 Å². The van der Waals surface area contributed by atoms with Crippen molar-refractivity contribution in [1.29, 1.82) is 0 Å². The topological polar surface area (TPSA) is 12.5 Å². The molecule has 2 saturated heterocycles. The molecule has 4 rings (SSSR count). The Morgan fingerprint density at radius 1 is 0.920 bits per heavy atom. The number of rotatable bonds is 4. The van der Waals surface area contributed by atoms with Crippen molar-refractivity contribution in [3.8, 4) is 0 Å². The molecule has 0 saturated carbocycles. The molecule has 2 aliphatic heterocycles. The fraction of sp³-hybridized carbons (Fsp3) is 0.429. The van der Waals surface area contributed by atoms with Crippen LogP contribution >= 0.6 is 0 Å². The van der Waals surface area contributed by atoms with Crippen LogP contribution in [0.5, 0.6) is 0 Å². The van der Waals surface area contributed by atoms with E-state index < -0.39 is 0 Å². The van der Waals surface area contributed by atoms with Crippen LogP contribution in [-0.2, 0) is 4.74 Å². The number of hydrogen-bond donors (Lipinski definition) is 0. The fourth-order valence-corrected chi connectivity index (χ4v) is 4.37. The summed E-state index contributed by atoms with van der Waals surface area (Å²) < 4.78 is 33.5. The molecule has 132 valence electrons. The van der Waals surface area contributed by atoms with Gasteiger partial charge in [0, 0.05) is 6.04 Å². The van der Waals surface area contributed by atoms with E-state index in [1.165, 1.54) is 30.7 Å². The predicted molar refractivity (Wildman–Crippen MR) is 93.1 cm³/mol. The lowest BCUT2D eigenvalue weighted by Crippen LogP contribution is -2.50. The minimum Gasteiger partial charge on any atom is -0.348 e. The Labute approximate surface area is 147 Å². The molecule has 0 spiro atoms. The first-order chi connectivity index (χ1) is 12.1. The van der Waals surface area contributed by atoms with Gasteiger partial charge in [0.1, 0.15) is 23.5 Å². The molecule has 0 unspecified atom stereocenters. The van der Waals surface area contributed by atoms with E-state index in [0.717, 1.165) is 36.8 Å². The minimum atomic E-state index is -0.333. The molecule has 2 nitrogen and oxygen atoms in total. The maximum atomic E-state index is 13.4. The molecule has 25 heavy (non-hydrogen) atoms. The van der Waals surface area contributed by atoms with Crippen molar-refractivity contribution in [3.05, 3.63) is 71.3 Å². The first-order valence-electron chi connectivity index (χ1n) is 8.99. The monoisotopic (exact) mass is 343 g/mol. The Hall–Kier alpha value is -1.78. The first-order valence-corrected chi connectivity index (χ1v) is 8.99. The van der Waals surface area contributed by atoms with Crippen molar-refractivity contribution in [2.45, 2.75) is 50.0 Å². The molecule has 2 fully saturated rings. The third-order valence-corrected chi connectivity index (χ3v) is 5.85. The number of halogens is 2. The van der Waals surface area contributed by atoms with Gasteiger partial charge in [-0.05, 0) is 74.5 Å². The van der Waals surface area contributed by atoms with Crippen LogP contribution in [0.2, 0.25) is 0 Å². The summed E-state index contributed by atoms with van der Waals surface area (Å²) in [4.78, 5) is 2.37. The van der Waals surface area contributed by atoms with Gasteiger partial charge in [-0.1, -0.05) is 24.3 Å². The molecular weight excluding hydrogens is 320 g/mol. The Morgan fingerprint density at radius 3 is 2.04 bits per heavy atom. The average Bonchev–Trinajstić information content (AvgIpc) is 2.80. The molecule has 2 aliphatic rings. The Balaban J connectivity index is 1.70. The van der Waals surface area contributed by atoms with Gasteiger partial charge in [0.25, 0.3) is 0 Å². The molecule has 2 bridgehead atoms. The van der Waals surface area contributed by atoms with Gasteiger partial charge in [0.2, 0.25) is 0 Å². The lowest BCUT2D eigenvalue weighted by molar-refractivity contribution is -0.176. The van der Waals surface area contributed by atoms with Crippen LogP contribution in [0.15, 0.2) is 48.5 Å². The van der Waals surface area contributed by atoms with Gasteiger partial charge >= 0.3 is 0 Å². The second kappa shape index (κ2) is 6.50. The van der Waals surface area contributed by atoms with Gasteiger partial charge in [-0.25, -0.2) is 8.78 Å². The van der Waals surface area contributed by atoms with E-state index in [2.05, 4.69) is 11.9 Å². The highest BCUT2D eigenvalue weighted by Gasteiger charge is 2.49. The van der Waals surface area contributed by atoms with Gasteiger partial charge in [0.15, 0.2) is 0 Å². The van der Waals surface area contributed by atoms with Crippen LogP contribution in [0.1, 0.15) is 49.3 Å². The van der Waals surface area contributed by atoms with Crippen LogP contribution < -0.4 is 0 Å². The molecule has 0 aromatic heterocycles. The smallest absolute Gasteiger partial charge is 0.123 e. The maximum absolute atomic E-state index is 13.4. The van der Waals surface area contributed by atoms with E-state index in [0.29, 0.717) is 6.04 Å². The van der Waals surface area contributed by atoms with Crippen LogP contribution in [0.25, 0.3) is 0 Å². The zero-order chi connectivity index (χ0) is 17.4. The lowest BCUT2D eigenvalue weighted by atomic mass is 9.97. The standard InChI is InChI=1S/C21H23F2NO/c1-24-19-3-2-13-21(24,14-12-19)25-20(15-4-8-17(22)9-5-15)16-6-10-18(23)11-7-16/h4-11,19-20H,2-3,12-14H2,1H3/t19-,21-/m1/s1. The van der Waals surface area contributed by atoms with Gasteiger partial charge in [-0.3, -0.25) is 4.90 Å². The van der Waals surface area contributed by atoms with E-state index >= 15 is 0 Å². The summed E-state index contributed by atoms with van der Waals surface area (Å²) in [5.41, 5.74) is 1.51. The second-order valence-corrected chi connectivity index (χ2v) is 7.24. The Morgan fingerprint density at radius 2 is 1.48 bits per heavy atom. The highest BCUT2D eigenvalue weighted by molar-refractivity contribution is 5.31. The molecular formula is C21H23F2NO. The van der Waals surface area contributed by atoms with Crippen molar-refractivity contribution >= 4 is 0 Å². The normalized spacial score (nSPS) is 26.3. The summed E-state index contributed by atoms with van der Waals surface area (Å²) in [5, 5.41) is 0. The molecule has 0 N–H and O–H groups in total. The van der Waals surface area contributed by atoms with Crippen molar-refractivity contribution < 1.29 is 13.5 Å². The van der Waals surface area contributed by atoms with Crippen LogP contribution in [0, 0.1) is 11.6 Å². The summed E-state index contributed by atoms with van der Waals surface area (Å²) in [7, 11) is 2.14. The van der Waals surface area contributed by atoms with E-state index in [1.807, 2.05) is 0 Å². The summed E-state index contributed by atoms with van der Waals surface area (Å²) in [5.74, 6) is -0.536. The first kappa shape index (κ1) is 16.7. The van der Waals surface area contributed by atoms with Crippen LogP contribution in [0.3, 0.4) is 0 Å². The highest BCUT2D eigenvalue weighted by atomic mass is 19.1. The van der Waals surface area contributed by atoms with Gasteiger partial charge in [-0.15, -0.1) is 0 Å². The third kappa shape index (κ3) is 3.09. The largest absolute Gasteiger partial charge is 0.348 e. The third-order valence-electron chi connectivity index (χ3n) is 5.85. The van der Waals surface area contributed by atoms with Crippen molar-refractivity contribution in [2.24, 2.45) is 0 Å². The summed E-state index contributed by atoms with van der Waals surface area (Å²) >= 11 is 0. The van der Waals surface area contributed by atoms with E-state index in [9.17, 15) is 8.78 Å². The summed E-state index contributed by atoms with van der Waals surface area (Å²) in [6.45, 7) is 0. The SMILES string of the molecule is CN1[C@@H]2CCC[C@@]1(OC(c1ccc(F)cc1)c1ccc(F)cc1)CC2. The number of nitrogens with zero attached hydrogens (tertiary/aromatic N) is 1. The highest BCUT2D eigenvalue weighted by Crippen LogP contribution is 2.47. The van der Waals surface area contributed by atoms with Crippen LogP contribution in [0.4, 0.5) is 8.78 Å².